The molecule has 212 valence electrons. The first-order chi connectivity index (χ1) is 20.2. The predicted octanol–water partition coefficient (Wildman–Crippen LogP) is 7.14. The smallest absolute Gasteiger partial charge is 0.296 e. The zero-order valence-electron chi connectivity index (χ0n) is 22.2. The molecule has 1 aliphatic heterocycles. The number of hydrogen-bond acceptors (Lipinski definition) is 10. The normalized spacial score (nSPS) is 15.2. The summed E-state index contributed by atoms with van der Waals surface area (Å²) in [6.45, 7) is 2.02. The summed E-state index contributed by atoms with van der Waals surface area (Å²) in [6, 6.07) is 18.8. The molecule has 1 atom stereocenters. The van der Waals surface area contributed by atoms with Gasteiger partial charge in [-0.2, -0.15) is 0 Å². The summed E-state index contributed by atoms with van der Waals surface area (Å²) in [5.74, 6) is -1.62. The largest absolute Gasteiger partial charge is 0.503 e. The highest BCUT2D eigenvalue weighted by molar-refractivity contribution is 9.10. The summed E-state index contributed by atoms with van der Waals surface area (Å²) in [5.41, 5.74) is 2.96. The van der Waals surface area contributed by atoms with Gasteiger partial charge in [-0.15, -0.1) is 10.2 Å². The topological polar surface area (TPSA) is 126 Å². The molecule has 12 heteroatoms. The number of fused-ring (bicyclic) bond motifs is 1. The Balaban J connectivity index is 1.40. The number of aliphatic hydroxyl groups excluding tert-OH is 1. The zero-order valence-corrected chi connectivity index (χ0v) is 25.4. The number of ether oxygens (including phenoxy) is 1. The Morgan fingerprint density at radius 1 is 1.12 bits per heavy atom. The van der Waals surface area contributed by atoms with Crippen LogP contribution in [0.2, 0.25) is 0 Å². The van der Waals surface area contributed by atoms with Gasteiger partial charge < -0.3 is 19.4 Å². The van der Waals surface area contributed by atoms with Crippen molar-refractivity contribution in [3.8, 4) is 11.5 Å². The minimum Gasteiger partial charge on any atom is -0.503 e. The first-order valence-electron chi connectivity index (χ1n) is 12.6. The summed E-state index contributed by atoms with van der Waals surface area (Å²) in [4.78, 5) is 28.8. The number of Topliss-reactive ketones (excluding diaryl/α,β-unsaturated/α-hetero) is 1. The number of para-hydroxylation sites is 1. The van der Waals surface area contributed by atoms with Crippen LogP contribution in [-0.4, -0.2) is 39.2 Å². The van der Waals surface area contributed by atoms with E-state index in [1.807, 2.05) is 37.3 Å². The van der Waals surface area contributed by atoms with Gasteiger partial charge in [0, 0.05) is 11.1 Å². The highest BCUT2D eigenvalue weighted by Gasteiger charge is 2.47. The number of aryl methyl sites for hydroxylation is 1. The van der Waals surface area contributed by atoms with Gasteiger partial charge in [-0.05, 0) is 58.2 Å². The van der Waals surface area contributed by atoms with E-state index in [1.54, 1.807) is 30.3 Å². The number of carbonyl (C=O) groups is 2. The number of amides is 1. The maximum Gasteiger partial charge on any atom is 0.296 e. The van der Waals surface area contributed by atoms with E-state index in [9.17, 15) is 19.8 Å². The van der Waals surface area contributed by atoms with Crippen molar-refractivity contribution in [2.24, 2.45) is 0 Å². The number of nitrogens with zero attached hydrogens (tertiary/aromatic N) is 3. The van der Waals surface area contributed by atoms with E-state index in [1.165, 1.54) is 46.7 Å². The third-order valence-electron chi connectivity index (χ3n) is 6.77. The van der Waals surface area contributed by atoms with Crippen LogP contribution in [0.5, 0.6) is 11.5 Å². The van der Waals surface area contributed by atoms with Crippen LogP contribution in [0.1, 0.15) is 33.3 Å². The summed E-state index contributed by atoms with van der Waals surface area (Å²) in [6.07, 6.45) is 0. The number of ketones is 1. The SMILES string of the molecule is COc1cc(C2C(C(=O)c3cc4ccccc4o3)=C(O)C(=O)N2c2nnc(SCc3ccc(C)cc3)s2)cc(Br)c1O. The average molecular weight is 665 g/mol. The molecule has 9 nitrogen and oxygen atoms in total. The number of halogens is 1. The molecule has 0 spiro atoms. The van der Waals surface area contributed by atoms with Gasteiger partial charge in [0.15, 0.2) is 27.4 Å². The van der Waals surface area contributed by atoms with Crippen molar-refractivity contribution in [2.75, 3.05) is 12.0 Å². The molecule has 0 fully saturated rings. The van der Waals surface area contributed by atoms with E-state index in [2.05, 4.69) is 26.1 Å². The van der Waals surface area contributed by atoms with Crippen LogP contribution in [0, 0.1) is 6.92 Å². The van der Waals surface area contributed by atoms with Crippen molar-refractivity contribution in [1.29, 1.82) is 0 Å². The number of phenolic OH excluding ortho intramolecular Hbond substituents is 1. The number of phenols is 1. The molecular weight excluding hydrogens is 642 g/mol. The molecule has 5 aromatic rings. The van der Waals surface area contributed by atoms with E-state index in [0.717, 1.165) is 5.56 Å². The van der Waals surface area contributed by atoms with Crippen molar-refractivity contribution in [3.05, 3.63) is 105 Å². The van der Waals surface area contributed by atoms with Crippen LogP contribution < -0.4 is 9.64 Å². The van der Waals surface area contributed by atoms with Crippen LogP contribution in [0.4, 0.5) is 5.13 Å². The fourth-order valence-electron chi connectivity index (χ4n) is 4.67. The maximum atomic E-state index is 13.9. The van der Waals surface area contributed by atoms with E-state index in [0.29, 0.717) is 26.6 Å². The molecule has 42 heavy (non-hydrogen) atoms. The van der Waals surface area contributed by atoms with Crippen molar-refractivity contribution in [3.63, 3.8) is 0 Å². The summed E-state index contributed by atoms with van der Waals surface area (Å²) in [7, 11) is 1.39. The fourth-order valence-corrected chi connectivity index (χ4v) is 6.95. The van der Waals surface area contributed by atoms with Crippen LogP contribution >= 0.6 is 39.0 Å². The lowest BCUT2D eigenvalue weighted by molar-refractivity contribution is -0.117. The molecule has 2 aromatic heterocycles. The Morgan fingerprint density at radius 2 is 1.88 bits per heavy atom. The Hall–Kier alpha value is -4.13. The second-order valence-corrected chi connectivity index (χ2v) is 12.5. The summed E-state index contributed by atoms with van der Waals surface area (Å²) >= 11 is 5.96. The molecule has 0 saturated carbocycles. The minimum atomic E-state index is -1.12. The molecule has 6 rings (SSSR count). The molecule has 3 aromatic carbocycles. The number of rotatable bonds is 8. The van der Waals surface area contributed by atoms with Crippen LogP contribution in [0.3, 0.4) is 0 Å². The number of carbonyl (C=O) groups excluding carboxylic acids is 2. The van der Waals surface area contributed by atoms with Crippen molar-refractivity contribution < 1.29 is 29.0 Å². The Bertz CT molecular complexity index is 1850. The third kappa shape index (κ3) is 5.06. The van der Waals surface area contributed by atoms with Gasteiger partial charge in [0.1, 0.15) is 5.58 Å². The Kier molecular flexibility index (Phi) is 7.52. The summed E-state index contributed by atoms with van der Waals surface area (Å²) in [5, 5.41) is 31.0. The van der Waals surface area contributed by atoms with Gasteiger partial charge >= 0.3 is 0 Å². The number of furan rings is 1. The first-order valence-corrected chi connectivity index (χ1v) is 15.2. The fraction of sp³-hybridized carbons (Fsp3) is 0.133. The number of benzene rings is 3. The minimum absolute atomic E-state index is 0.0335. The van der Waals surface area contributed by atoms with Gasteiger partial charge in [-0.25, -0.2) is 0 Å². The quantitative estimate of drug-likeness (QED) is 0.101. The van der Waals surface area contributed by atoms with Crippen molar-refractivity contribution in [1.82, 2.24) is 10.2 Å². The number of aliphatic hydroxyl groups is 1. The second kappa shape index (κ2) is 11.3. The molecule has 1 amide bonds. The van der Waals surface area contributed by atoms with E-state index >= 15 is 0 Å². The van der Waals surface area contributed by atoms with Crippen LogP contribution in [-0.2, 0) is 10.5 Å². The van der Waals surface area contributed by atoms with Crippen molar-refractivity contribution in [2.45, 2.75) is 23.1 Å². The molecule has 0 aliphatic carbocycles. The van der Waals surface area contributed by atoms with Gasteiger partial charge in [-0.1, -0.05) is 71.1 Å². The molecule has 2 N–H and O–H groups in total. The number of hydrogen-bond donors (Lipinski definition) is 2. The predicted molar refractivity (Wildman–Crippen MR) is 163 cm³/mol. The molecular formula is C30H22BrN3O6S2. The maximum absolute atomic E-state index is 13.9. The van der Waals surface area contributed by atoms with E-state index in [4.69, 9.17) is 9.15 Å². The highest BCUT2D eigenvalue weighted by atomic mass is 79.9. The molecule has 0 bridgehead atoms. The lowest BCUT2D eigenvalue weighted by Gasteiger charge is -2.24. The first kappa shape index (κ1) is 28.0. The number of aromatic nitrogens is 2. The number of anilines is 1. The highest BCUT2D eigenvalue weighted by Crippen LogP contribution is 2.47. The van der Waals surface area contributed by atoms with E-state index < -0.39 is 23.5 Å². The van der Waals surface area contributed by atoms with Gasteiger partial charge in [0.25, 0.3) is 5.91 Å². The Labute approximate surface area is 256 Å². The summed E-state index contributed by atoms with van der Waals surface area (Å²) < 4.78 is 12.0. The molecule has 1 aliphatic rings. The standard InChI is InChI=1S/C30H22BrN3O6S2/c1-15-7-9-16(10-8-15)14-41-30-33-32-29(42-30)34-24(18-11-19(31)25(35)21(13-18)39-2)23(27(37)28(34)38)26(36)22-12-17-5-3-4-6-20(17)40-22/h3-13,24,35,37H,14H2,1-2H3. The van der Waals surface area contributed by atoms with Gasteiger partial charge in [0.2, 0.25) is 10.9 Å². The number of thioether (sulfide) groups is 1. The molecule has 0 radical (unpaired) electrons. The molecule has 0 saturated heterocycles. The van der Waals surface area contributed by atoms with Crippen molar-refractivity contribution >= 4 is 66.8 Å². The average Bonchev–Trinajstić information content (AvgIpc) is 3.70. The monoisotopic (exact) mass is 663 g/mol. The zero-order chi connectivity index (χ0) is 29.5. The van der Waals surface area contributed by atoms with Crippen LogP contribution in [0.25, 0.3) is 11.0 Å². The lowest BCUT2D eigenvalue weighted by Crippen LogP contribution is -2.31. The number of aromatic hydroxyl groups is 1. The van der Waals surface area contributed by atoms with Gasteiger partial charge in [-0.3, -0.25) is 14.5 Å². The lowest BCUT2D eigenvalue weighted by atomic mass is 9.95. The third-order valence-corrected chi connectivity index (χ3v) is 9.50. The van der Waals surface area contributed by atoms with E-state index in [-0.39, 0.29) is 32.4 Å². The molecule has 3 heterocycles. The molecule has 1 unspecified atom stereocenters. The Morgan fingerprint density at radius 3 is 2.62 bits per heavy atom. The van der Waals surface area contributed by atoms with Crippen LogP contribution in [0.15, 0.2) is 91.3 Å². The number of methoxy groups -OCH3 is 1. The van der Waals surface area contributed by atoms with Gasteiger partial charge in [0.05, 0.1) is 23.2 Å². The second-order valence-electron chi connectivity index (χ2n) is 9.50.